The molecular weight excluding hydrogens is 393 g/mol. The van der Waals surface area contributed by atoms with Crippen LogP contribution in [0.4, 0.5) is 10.2 Å². The van der Waals surface area contributed by atoms with E-state index in [1.165, 1.54) is 48.0 Å². The molecule has 31 heavy (non-hydrogen) atoms. The van der Waals surface area contributed by atoms with Crippen LogP contribution in [0.5, 0.6) is 5.75 Å². The minimum absolute atomic E-state index is 0.0182. The van der Waals surface area contributed by atoms with E-state index in [0.717, 1.165) is 31.2 Å². The van der Waals surface area contributed by atoms with E-state index >= 15 is 0 Å². The lowest BCUT2D eigenvalue weighted by molar-refractivity contribution is 0.460. The van der Waals surface area contributed by atoms with Crippen LogP contribution in [0.15, 0.2) is 42.7 Å². The molecule has 1 fully saturated rings. The van der Waals surface area contributed by atoms with E-state index < -0.39 is 5.82 Å². The van der Waals surface area contributed by atoms with Gasteiger partial charge in [0, 0.05) is 11.6 Å². The van der Waals surface area contributed by atoms with Gasteiger partial charge in [0.1, 0.15) is 29.4 Å². The summed E-state index contributed by atoms with van der Waals surface area (Å²) >= 11 is 0. The molecule has 1 unspecified atom stereocenters. The summed E-state index contributed by atoms with van der Waals surface area (Å²) in [6.07, 6.45) is 7.06. The minimum Gasteiger partial charge on any atom is -0.508 e. The molecule has 0 radical (unpaired) electrons. The van der Waals surface area contributed by atoms with Crippen LogP contribution in [-0.2, 0) is 6.42 Å². The monoisotopic (exact) mass is 415 g/mol. The van der Waals surface area contributed by atoms with Gasteiger partial charge in [0.15, 0.2) is 5.65 Å². The van der Waals surface area contributed by atoms with E-state index in [4.69, 9.17) is 10.8 Å². The molecule has 6 nitrogen and oxygen atoms in total. The van der Waals surface area contributed by atoms with E-state index in [1.54, 1.807) is 0 Å². The van der Waals surface area contributed by atoms with Crippen LogP contribution in [0.1, 0.15) is 54.3 Å². The van der Waals surface area contributed by atoms with Crippen molar-refractivity contribution in [2.24, 2.45) is 0 Å². The summed E-state index contributed by atoms with van der Waals surface area (Å²) in [5, 5.41) is 15.4. The van der Waals surface area contributed by atoms with Crippen LogP contribution < -0.4 is 5.73 Å². The maximum absolute atomic E-state index is 14.0. The molecule has 2 aromatic carbocycles. The number of nitrogens with two attached hydrogens (primary N) is 1. The molecule has 1 atom stereocenters. The fourth-order valence-electron chi connectivity index (χ4n) is 4.86. The highest BCUT2D eigenvalue weighted by Gasteiger charge is 2.29. The Bertz CT molecular complexity index is 1310. The molecule has 0 aliphatic heterocycles. The van der Waals surface area contributed by atoms with E-state index in [2.05, 4.69) is 28.2 Å². The second kappa shape index (κ2) is 6.77. The van der Waals surface area contributed by atoms with Gasteiger partial charge < -0.3 is 10.8 Å². The number of anilines is 1. The number of nitrogens with zero attached hydrogens (tertiary/aromatic N) is 4. The predicted molar refractivity (Wildman–Crippen MR) is 116 cm³/mol. The number of phenolic OH excluding ortho intramolecular Hbond substituents is 1. The number of nitrogen functional groups attached to an aromatic ring is 1. The Kier molecular flexibility index (Phi) is 4.00. The molecule has 0 bridgehead atoms. The Morgan fingerprint density at radius 1 is 1.06 bits per heavy atom. The second-order valence-corrected chi connectivity index (χ2v) is 8.59. The zero-order valence-corrected chi connectivity index (χ0v) is 16.9. The normalized spacial score (nSPS) is 18.3. The maximum atomic E-state index is 14.0. The maximum Gasteiger partial charge on any atom is 0.164 e. The van der Waals surface area contributed by atoms with E-state index in [-0.39, 0.29) is 17.6 Å². The number of aryl methyl sites for hydroxylation is 1. The fraction of sp³-hybridized carbons (Fsp3) is 0.292. The van der Waals surface area contributed by atoms with Crippen LogP contribution in [-0.4, -0.2) is 24.9 Å². The molecule has 7 heteroatoms. The van der Waals surface area contributed by atoms with E-state index in [1.807, 2.05) is 4.68 Å². The van der Waals surface area contributed by atoms with E-state index in [0.29, 0.717) is 22.3 Å². The number of phenols is 1. The van der Waals surface area contributed by atoms with Gasteiger partial charge in [-0.1, -0.05) is 18.2 Å². The largest absolute Gasteiger partial charge is 0.508 e. The third-order valence-electron chi connectivity index (χ3n) is 6.47. The lowest BCUT2D eigenvalue weighted by Crippen LogP contribution is -2.19. The third-order valence-corrected chi connectivity index (χ3v) is 6.47. The van der Waals surface area contributed by atoms with Crippen LogP contribution in [0.2, 0.25) is 0 Å². The SMILES string of the molecule is Nc1ncnc2c1c(-c1cc(O)cc(F)c1)nn2C1CCCc2cc(C3CC3)ccc21. The van der Waals surface area contributed by atoms with Crippen LogP contribution in [0, 0.1) is 5.82 Å². The molecule has 156 valence electrons. The number of aromatic hydroxyl groups is 1. The quantitative estimate of drug-likeness (QED) is 0.505. The molecule has 0 saturated heterocycles. The standard InChI is InChI=1S/C24H22FN5O/c25-17-9-16(10-18(31)11-17)22-21-23(26)27-12-28-24(21)30(29-22)20-3-1-2-15-8-14(13-4-5-13)6-7-19(15)20/h6-13,20,31H,1-5H2,(H2,26,27,28). The Balaban J connectivity index is 1.54. The topological polar surface area (TPSA) is 89.8 Å². The molecule has 0 amide bonds. The molecule has 3 N–H and O–H groups in total. The van der Waals surface area contributed by atoms with Crippen molar-refractivity contribution >= 4 is 16.9 Å². The summed E-state index contributed by atoms with van der Waals surface area (Å²) < 4.78 is 15.9. The van der Waals surface area contributed by atoms with Gasteiger partial charge in [0.25, 0.3) is 0 Å². The first kappa shape index (κ1) is 18.3. The average Bonchev–Trinajstić information content (AvgIpc) is 3.53. The fourth-order valence-corrected chi connectivity index (χ4v) is 4.86. The van der Waals surface area contributed by atoms with Crippen molar-refractivity contribution in [2.75, 3.05) is 5.73 Å². The molecule has 0 spiro atoms. The minimum atomic E-state index is -0.538. The zero-order valence-electron chi connectivity index (χ0n) is 16.9. The molecule has 1 saturated carbocycles. The van der Waals surface area contributed by atoms with Crippen molar-refractivity contribution in [3.63, 3.8) is 0 Å². The Labute approximate surface area is 178 Å². The smallest absolute Gasteiger partial charge is 0.164 e. The van der Waals surface area contributed by atoms with Crippen LogP contribution in [0.3, 0.4) is 0 Å². The van der Waals surface area contributed by atoms with Crippen molar-refractivity contribution in [2.45, 2.75) is 44.1 Å². The van der Waals surface area contributed by atoms with Crippen LogP contribution in [0.25, 0.3) is 22.3 Å². The first-order chi connectivity index (χ1) is 15.1. The summed E-state index contributed by atoms with van der Waals surface area (Å²) in [7, 11) is 0. The van der Waals surface area contributed by atoms with Gasteiger partial charge in [-0.25, -0.2) is 19.0 Å². The summed E-state index contributed by atoms with van der Waals surface area (Å²) in [6.45, 7) is 0. The highest BCUT2D eigenvalue weighted by molar-refractivity contribution is 5.98. The number of hydrogen-bond donors (Lipinski definition) is 2. The number of rotatable bonds is 3. The number of hydrogen-bond acceptors (Lipinski definition) is 5. The van der Waals surface area contributed by atoms with E-state index in [9.17, 15) is 9.50 Å². The average molecular weight is 415 g/mol. The lowest BCUT2D eigenvalue weighted by atomic mass is 9.86. The molecule has 4 aromatic rings. The summed E-state index contributed by atoms with van der Waals surface area (Å²) in [6, 6.07) is 10.8. The number of fused-ring (bicyclic) bond motifs is 2. The van der Waals surface area contributed by atoms with Crippen LogP contribution >= 0.6 is 0 Å². The first-order valence-electron chi connectivity index (χ1n) is 10.7. The molecule has 6 rings (SSSR count). The molecule has 2 heterocycles. The Hall–Kier alpha value is -3.48. The van der Waals surface area contributed by atoms with Gasteiger partial charge in [-0.15, -0.1) is 0 Å². The summed E-state index contributed by atoms with van der Waals surface area (Å²) in [5.74, 6) is 0.304. The Morgan fingerprint density at radius 2 is 1.94 bits per heavy atom. The van der Waals surface area contributed by atoms with Crippen molar-refractivity contribution in [1.29, 1.82) is 0 Å². The van der Waals surface area contributed by atoms with Gasteiger partial charge in [-0.2, -0.15) is 5.10 Å². The summed E-state index contributed by atoms with van der Waals surface area (Å²) in [5.41, 5.74) is 11.8. The zero-order chi connectivity index (χ0) is 21.1. The van der Waals surface area contributed by atoms with Crippen molar-refractivity contribution < 1.29 is 9.50 Å². The second-order valence-electron chi connectivity index (χ2n) is 8.59. The first-order valence-corrected chi connectivity index (χ1v) is 10.7. The highest BCUT2D eigenvalue weighted by atomic mass is 19.1. The predicted octanol–water partition coefficient (Wildman–Crippen LogP) is 4.72. The number of halogens is 1. The molecule has 2 aliphatic carbocycles. The lowest BCUT2D eigenvalue weighted by Gasteiger charge is -2.26. The van der Waals surface area contributed by atoms with Crippen molar-refractivity contribution in [3.8, 4) is 17.0 Å². The number of benzene rings is 2. The van der Waals surface area contributed by atoms with Gasteiger partial charge in [-0.05, 0) is 66.8 Å². The molecule has 2 aliphatic rings. The molecular formula is C24H22FN5O. The van der Waals surface area contributed by atoms with Crippen molar-refractivity contribution in [3.05, 3.63) is 65.2 Å². The number of aromatic nitrogens is 4. The Morgan fingerprint density at radius 3 is 2.74 bits per heavy atom. The third kappa shape index (κ3) is 3.03. The highest BCUT2D eigenvalue weighted by Crippen LogP contribution is 2.43. The van der Waals surface area contributed by atoms with Crippen molar-refractivity contribution in [1.82, 2.24) is 19.7 Å². The molecule has 2 aromatic heterocycles. The summed E-state index contributed by atoms with van der Waals surface area (Å²) in [4.78, 5) is 8.63. The van der Waals surface area contributed by atoms with Gasteiger partial charge in [-0.3, -0.25) is 0 Å². The van der Waals surface area contributed by atoms with Gasteiger partial charge >= 0.3 is 0 Å². The van der Waals surface area contributed by atoms with Gasteiger partial charge in [0.05, 0.1) is 11.4 Å². The van der Waals surface area contributed by atoms with Gasteiger partial charge in [0.2, 0.25) is 0 Å².